The molecule has 3 aliphatic heterocycles. The van der Waals surface area contributed by atoms with Gasteiger partial charge in [0.2, 0.25) is 5.91 Å². The van der Waals surface area contributed by atoms with Gasteiger partial charge in [-0.25, -0.2) is 0 Å². The molecule has 3 saturated heterocycles. The van der Waals surface area contributed by atoms with Gasteiger partial charge in [-0.15, -0.1) is 13.2 Å². The summed E-state index contributed by atoms with van der Waals surface area (Å²) in [5.74, 6) is -2.78. The molecule has 224 valence electrons. The van der Waals surface area contributed by atoms with Crippen molar-refractivity contribution in [1.82, 2.24) is 4.90 Å². The third-order valence-corrected chi connectivity index (χ3v) is 9.52. The molecular formula is C34H42N2O6. The summed E-state index contributed by atoms with van der Waals surface area (Å²) in [5, 5.41) is 12.2. The summed E-state index contributed by atoms with van der Waals surface area (Å²) >= 11 is 0. The van der Waals surface area contributed by atoms with Crippen molar-refractivity contribution in [2.24, 2.45) is 11.8 Å². The van der Waals surface area contributed by atoms with Crippen molar-refractivity contribution in [2.75, 3.05) is 24.7 Å². The van der Waals surface area contributed by atoms with Crippen LogP contribution in [0.2, 0.25) is 0 Å². The standard InChI is InChI=1S/C34H42N2O6/c1-5-8-9-12-20-41-32(40)28-27-30(38)36(23(4)22-37)29(34(27)18-17-33(28,7-3)42-34)31(39)35(19-6-2)26-16-15-24-13-10-11-14-25(24)21-26/h5-6,10-11,13-16,21,23,27-29,37H,1-2,7-9,12,17-20,22H2,3-4H3/t23-,27+,28+,29?,33-,34?/m1/s1. The number of likely N-dealkylation sites (tertiary alicyclic amines) is 1. The number of anilines is 1. The van der Waals surface area contributed by atoms with E-state index < -0.39 is 41.1 Å². The predicted molar refractivity (Wildman–Crippen MR) is 162 cm³/mol. The Morgan fingerprint density at radius 3 is 2.62 bits per heavy atom. The fourth-order valence-electron chi connectivity index (χ4n) is 7.45. The fraction of sp³-hybridized carbons (Fsp3) is 0.500. The van der Waals surface area contributed by atoms with Crippen LogP contribution in [0.15, 0.2) is 67.8 Å². The molecule has 3 heterocycles. The molecular weight excluding hydrogens is 532 g/mol. The zero-order valence-electron chi connectivity index (χ0n) is 24.7. The summed E-state index contributed by atoms with van der Waals surface area (Å²) in [6.07, 6.45) is 7.42. The molecule has 2 amide bonds. The Morgan fingerprint density at radius 2 is 1.93 bits per heavy atom. The van der Waals surface area contributed by atoms with Gasteiger partial charge in [0.25, 0.3) is 5.91 Å². The van der Waals surface area contributed by atoms with Gasteiger partial charge in [0, 0.05) is 12.2 Å². The summed E-state index contributed by atoms with van der Waals surface area (Å²) < 4.78 is 12.6. The molecule has 2 bridgehead atoms. The lowest BCUT2D eigenvalue weighted by Gasteiger charge is -2.38. The van der Waals surface area contributed by atoms with Crippen molar-refractivity contribution in [3.05, 3.63) is 67.8 Å². The van der Waals surface area contributed by atoms with Gasteiger partial charge in [0.15, 0.2) is 0 Å². The number of unbranched alkanes of at least 4 members (excludes halogenated alkanes) is 2. The number of carbonyl (C=O) groups excluding carboxylic acids is 3. The first-order chi connectivity index (χ1) is 20.3. The number of benzene rings is 2. The van der Waals surface area contributed by atoms with Crippen molar-refractivity contribution >= 4 is 34.2 Å². The van der Waals surface area contributed by atoms with E-state index in [2.05, 4.69) is 13.2 Å². The number of aliphatic hydroxyl groups excluding tert-OH is 1. The second kappa shape index (κ2) is 12.0. The second-order valence-electron chi connectivity index (χ2n) is 11.8. The summed E-state index contributed by atoms with van der Waals surface area (Å²) in [5.41, 5.74) is -1.40. The molecule has 2 unspecified atom stereocenters. The molecule has 0 aromatic heterocycles. The van der Waals surface area contributed by atoms with E-state index >= 15 is 0 Å². The van der Waals surface area contributed by atoms with Gasteiger partial charge in [-0.05, 0) is 68.4 Å². The molecule has 8 nitrogen and oxygen atoms in total. The predicted octanol–water partition coefficient (Wildman–Crippen LogP) is 4.79. The molecule has 0 radical (unpaired) electrons. The minimum absolute atomic E-state index is 0.221. The third-order valence-electron chi connectivity index (χ3n) is 9.52. The van der Waals surface area contributed by atoms with Gasteiger partial charge >= 0.3 is 5.97 Å². The Hall–Kier alpha value is -3.49. The molecule has 1 N–H and O–H groups in total. The number of amides is 2. The maximum absolute atomic E-state index is 14.7. The van der Waals surface area contributed by atoms with Crippen LogP contribution in [-0.2, 0) is 23.9 Å². The number of aliphatic hydroxyl groups is 1. The molecule has 5 rings (SSSR count). The third kappa shape index (κ3) is 4.74. The van der Waals surface area contributed by atoms with Crippen LogP contribution in [0, 0.1) is 11.8 Å². The smallest absolute Gasteiger partial charge is 0.312 e. The summed E-state index contributed by atoms with van der Waals surface area (Å²) in [7, 11) is 0. The summed E-state index contributed by atoms with van der Waals surface area (Å²) in [6.45, 7) is 11.4. The van der Waals surface area contributed by atoms with E-state index in [1.165, 1.54) is 4.90 Å². The van der Waals surface area contributed by atoms with Crippen molar-refractivity contribution in [1.29, 1.82) is 0 Å². The van der Waals surface area contributed by atoms with Crippen LogP contribution in [0.5, 0.6) is 0 Å². The maximum Gasteiger partial charge on any atom is 0.312 e. The van der Waals surface area contributed by atoms with E-state index in [9.17, 15) is 19.5 Å². The SMILES string of the molecule is C=CCCCCOC(=O)[C@@H]1[C@H]2C(=O)N([C@H](C)CO)C(C(=O)N(CC=C)c3ccc4ccccc4c3)C23CC[C@@]1(CC)O3. The lowest BCUT2D eigenvalue weighted by Crippen LogP contribution is -2.58. The normalized spacial score (nSPS) is 28.5. The Kier molecular flexibility index (Phi) is 8.58. The van der Waals surface area contributed by atoms with Gasteiger partial charge in [-0.1, -0.05) is 49.4 Å². The van der Waals surface area contributed by atoms with Crippen LogP contribution in [-0.4, -0.2) is 70.8 Å². The second-order valence-corrected chi connectivity index (χ2v) is 11.8. The van der Waals surface area contributed by atoms with Gasteiger partial charge < -0.3 is 24.4 Å². The van der Waals surface area contributed by atoms with Crippen molar-refractivity contribution in [2.45, 2.75) is 75.7 Å². The molecule has 0 aliphatic carbocycles. The first-order valence-electron chi connectivity index (χ1n) is 15.1. The number of allylic oxidation sites excluding steroid dienone is 1. The molecule has 2 aromatic rings. The van der Waals surface area contributed by atoms with E-state index in [-0.39, 0.29) is 31.6 Å². The highest BCUT2D eigenvalue weighted by Crippen LogP contribution is 2.65. The maximum atomic E-state index is 14.7. The van der Waals surface area contributed by atoms with Crippen molar-refractivity contribution in [3.63, 3.8) is 0 Å². The summed E-state index contributed by atoms with van der Waals surface area (Å²) in [6, 6.07) is 12.1. The zero-order valence-corrected chi connectivity index (χ0v) is 24.7. The number of carbonyl (C=O) groups is 3. The Morgan fingerprint density at radius 1 is 1.17 bits per heavy atom. The number of nitrogens with zero attached hydrogens (tertiary/aromatic N) is 2. The van der Waals surface area contributed by atoms with E-state index in [0.29, 0.717) is 31.4 Å². The molecule has 0 saturated carbocycles. The van der Waals surface area contributed by atoms with Crippen LogP contribution in [0.3, 0.4) is 0 Å². The van der Waals surface area contributed by atoms with Crippen molar-refractivity contribution < 1.29 is 29.0 Å². The number of hydrogen-bond donors (Lipinski definition) is 1. The number of esters is 1. The van der Waals surface area contributed by atoms with E-state index in [0.717, 1.165) is 23.6 Å². The quantitative estimate of drug-likeness (QED) is 0.210. The molecule has 6 atom stereocenters. The van der Waals surface area contributed by atoms with Gasteiger partial charge in [-0.3, -0.25) is 14.4 Å². The Labute approximate surface area is 248 Å². The van der Waals surface area contributed by atoms with Gasteiger partial charge in [0.05, 0.1) is 30.8 Å². The minimum atomic E-state index is -1.20. The minimum Gasteiger partial charge on any atom is -0.465 e. The monoisotopic (exact) mass is 574 g/mol. The topological polar surface area (TPSA) is 96.4 Å². The van der Waals surface area contributed by atoms with Crippen LogP contribution in [0.4, 0.5) is 5.69 Å². The fourth-order valence-corrected chi connectivity index (χ4v) is 7.45. The summed E-state index contributed by atoms with van der Waals surface area (Å²) in [4.78, 5) is 45.8. The zero-order chi connectivity index (χ0) is 30.1. The van der Waals surface area contributed by atoms with Crippen LogP contribution < -0.4 is 4.90 Å². The first kappa shape index (κ1) is 30.0. The largest absolute Gasteiger partial charge is 0.465 e. The number of ether oxygens (including phenoxy) is 2. The number of rotatable bonds is 13. The molecule has 8 heteroatoms. The number of fused-ring (bicyclic) bond motifs is 2. The van der Waals surface area contributed by atoms with E-state index in [1.54, 1.807) is 17.9 Å². The Balaban J connectivity index is 1.54. The molecule has 3 fully saturated rings. The Bertz CT molecular complexity index is 1370. The molecule has 42 heavy (non-hydrogen) atoms. The highest BCUT2D eigenvalue weighted by molar-refractivity contribution is 6.05. The first-order valence-corrected chi connectivity index (χ1v) is 15.1. The molecule has 3 aliphatic rings. The van der Waals surface area contributed by atoms with E-state index in [4.69, 9.17) is 9.47 Å². The molecule has 2 aromatic carbocycles. The highest BCUT2D eigenvalue weighted by Gasteiger charge is 2.79. The molecule has 1 spiro atoms. The van der Waals surface area contributed by atoms with E-state index in [1.807, 2.05) is 55.5 Å². The van der Waals surface area contributed by atoms with Crippen LogP contribution >= 0.6 is 0 Å². The lowest BCUT2D eigenvalue weighted by molar-refractivity contribution is -0.162. The van der Waals surface area contributed by atoms with Gasteiger partial charge in [0.1, 0.15) is 17.6 Å². The highest BCUT2D eigenvalue weighted by atomic mass is 16.6. The van der Waals surface area contributed by atoms with Gasteiger partial charge in [-0.2, -0.15) is 0 Å². The van der Waals surface area contributed by atoms with Crippen molar-refractivity contribution in [3.8, 4) is 0 Å². The number of hydrogen-bond acceptors (Lipinski definition) is 6. The average Bonchev–Trinajstić information content (AvgIpc) is 3.62. The lowest BCUT2D eigenvalue weighted by atomic mass is 9.65. The van der Waals surface area contributed by atoms with Crippen LogP contribution in [0.25, 0.3) is 10.8 Å². The average molecular weight is 575 g/mol. The van der Waals surface area contributed by atoms with Crippen LogP contribution in [0.1, 0.15) is 52.4 Å².